The fraction of sp³-hybridized carbons (Fsp3) is 0.400. The van der Waals surface area contributed by atoms with Crippen LogP contribution in [0.1, 0.15) is 23.5 Å². The average Bonchev–Trinajstić information content (AvgIpc) is 3.39. The summed E-state index contributed by atoms with van der Waals surface area (Å²) in [4.78, 5) is 24.2. The van der Waals surface area contributed by atoms with Gasteiger partial charge in [0, 0.05) is 18.5 Å². The first-order valence-corrected chi connectivity index (χ1v) is 11.0. The molecule has 4 heterocycles. The highest BCUT2D eigenvalue weighted by atomic mass is 32.1. The van der Waals surface area contributed by atoms with Gasteiger partial charge in [0.1, 0.15) is 5.82 Å². The maximum Gasteiger partial charge on any atom is 0.325 e. The molecule has 3 atom stereocenters. The van der Waals surface area contributed by atoms with Crippen LogP contribution in [0.15, 0.2) is 28.8 Å². The lowest BCUT2D eigenvalue weighted by Gasteiger charge is -2.43. The van der Waals surface area contributed by atoms with Crippen LogP contribution in [0.2, 0.25) is 0 Å². The highest BCUT2D eigenvalue weighted by Gasteiger charge is 2.43. The van der Waals surface area contributed by atoms with Crippen molar-refractivity contribution in [2.75, 3.05) is 30.0 Å². The molecule has 1 aromatic carbocycles. The number of nitrogens with zero attached hydrogens (tertiary/aromatic N) is 4. The zero-order chi connectivity index (χ0) is 22.2. The number of aliphatic hydroxyl groups is 1. The number of rotatable bonds is 5. The molecule has 10 nitrogen and oxygen atoms in total. The maximum absolute atomic E-state index is 13.2. The molecule has 0 spiro atoms. The van der Waals surface area contributed by atoms with Gasteiger partial charge in [0.15, 0.2) is 5.13 Å². The number of aliphatic hydroxyl groups excluding tert-OH is 1. The molecule has 168 valence electrons. The Bertz CT molecular complexity index is 1120. The summed E-state index contributed by atoms with van der Waals surface area (Å²) in [6.07, 6.45) is -0.0301. The molecule has 2 aromatic heterocycles. The van der Waals surface area contributed by atoms with E-state index in [9.17, 15) is 14.3 Å². The van der Waals surface area contributed by atoms with E-state index < -0.39 is 12.1 Å². The molecular formula is C20H21FN6O4S. The Morgan fingerprint density at radius 2 is 2.16 bits per heavy atom. The first-order chi connectivity index (χ1) is 15.5. The van der Waals surface area contributed by atoms with Crippen LogP contribution in [0.25, 0.3) is 11.4 Å². The minimum Gasteiger partial charge on any atom is -0.392 e. The van der Waals surface area contributed by atoms with Crippen molar-refractivity contribution in [2.24, 2.45) is 0 Å². The van der Waals surface area contributed by atoms with Gasteiger partial charge >= 0.3 is 12.0 Å². The Hall–Kier alpha value is -3.09. The summed E-state index contributed by atoms with van der Waals surface area (Å²) >= 11 is 1.37. The van der Waals surface area contributed by atoms with Crippen molar-refractivity contribution in [3.8, 4) is 11.4 Å². The molecule has 0 aliphatic carbocycles. The molecule has 12 heteroatoms. The van der Waals surface area contributed by atoms with E-state index in [0.29, 0.717) is 42.2 Å². The molecule has 32 heavy (non-hydrogen) atoms. The zero-order valence-electron chi connectivity index (χ0n) is 17.1. The van der Waals surface area contributed by atoms with Crippen LogP contribution in [-0.2, 0) is 11.2 Å². The number of morpholine rings is 1. The number of amides is 2. The first kappa shape index (κ1) is 20.8. The van der Waals surface area contributed by atoms with Gasteiger partial charge in [-0.05, 0) is 31.2 Å². The normalized spacial score (nSPS) is 20.5. The minimum absolute atomic E-state index is 0.0400. The third kappa shape index (κ3) is 4.04. The number of nitrogens with one attached hydrogen (secondary N) is 2. The van der Waals surface area contributed by atoms with E-state index in [-0.39, 0.29) is 24.4 Å². The third-order valence-electron chi connectivity index (χ3n) is 5.29. The number of halogens is 1. The summed E-state index contributed by atoms with van der Waals surface area (Å²) in [5.74, 6) is 0.0492. The molecule has 2 amide bonds. The van der Waals surface area contributed by atoms with E-state index >= 15 is 0 Å². The van der Waals surface area contributed by atoms with Gasteiger partial charge < -0.3 is 24.6 Å². The number of hydrogen-bond donors (Lipinski definition) is 3. The van der Waals surface area contributed by atoms with Crippen molar-refractivity contribution in [2.45, 2.75) is 31.5 Å². The Labute approximate surface area is 186 Å². The van der Waals surface area contributed by atoms with Gasteiger partial charge in [-0.1, -0.05) is 16.5 Å². The number of anilines is 2. The topological polar surface area (TPSA) is 126 Å². The molecule has 2 aliphatic heterocycles. The SMILES string of the molecule is C[C@H](O)CNC(=O)Nc1nc2c(s1)C1COCC(C2)N1c1nc(-c2ccc(F)cc2)no1. The van der Waals surface area contributed by atoms with Crippen LogP contribution in [0, 0.1) is 5.82 Å². The predicted octanol–water partition coefficient (Wildman–Crippen LogP) is 2.34. The van der Waals surface area contributed by atoms with E-state index in [2.05, 4.69) is 25.8 Å². The van der Waals surface area contributed by atoms with Crippen molar-refractivity contribution in [1.82, 2.24) is 20.4 Å². The number of carbonyl (C=O) groups excluding carboxylic acids is 1. The molecule has 2 bridgehead atoms. The van der Waals surface area contributed by atoms with E-state index in [4.69, 9.17) is 9.26 Å². The van der Waals surface area contributed by atoms with Crippen molar-refractivity contribution in [3.63, 3.8) is 0 Å². The number of carbonyl (C=O) groups is 1. The lowest BCUT2D eigenvalue weighted by atomic mass is 9.97. The van der Waals surface area contributed by atoms with Gasteiger partial charge in [-0.25, -0.2) is 14.2 Å². The molecular weight excluding hydrogens is 439 g/mol. The van der Waals surface area contributed by atoms with E-state index in [1.165, 1.54) is 23.5 Å². The van der Waals surface area contributed by atoms with Gasteiger partial charge in [0.25, 0.3) is 0 Å². The van der Waals surface area contributed by atoms with Crippen molar-refractivity contribution in [3.05, 3.63) is 40.7 Å². The van der Waals surface area contributed by atoms with Gasteiger partial charge in [-0.3, -0.25) is 5.32 Å². The molecule has 2 aliphatic rings. The van der Waals surface area contributed by atoms with Crippen LogP contribution in [-0.4, -0.2) is 58.2 Å². The summed E-state index contributed by atoms with van der Waals surface area (Å²) in [6.45, 7) is 2.65. The summed E-state index contributed by atoms with van der Waals surface area (Å²) in [5.41, 5.74) is 1.57. The highest BCUT2D eigenvalue weighted by molar-refractivity contribution is 7.16. The quantitative estimate of drug-likeness (QED) is 0.530. The Kier molecular flexibility index (Phi) is 5.49. The Morgan fingerprint density at radius 3 is 2.94 bits per heavy atom. The molecule has 1 fully saturated rings. The monoisotopic (exact) mass is 460 g/mol. The smallest absolute Gasteiger partial charge is 0.325 e. The predicted molar refractivity (Wildman–Crippen MR) is 114 cm³/mol. The molecule has 2 unspecified atom stereocenters. The second-order valence-electron chi connectivity index (χ2n) is 7.74. The zero-order valence-corrected chi connectivity index (χ0v) is 17.9. The maximum atomic E-state index is 13.2. The molecule has 0 saturated carbocycles. The van der Waals surface area contributed by atoms with Crippen molar-refractivity contribution < 1.29 is 23.6 Å². The first-order valence-electron chi connectivity index (χ1n) is 10.2. The van der Waals surface area contributed by atoms with E-state index in [1.807, 2.05) is 4.90 Å². The van der Waals surface area contributed by atoms with Crippen molar-refractivity contribution in [1.29, 1.82) is 0 Å². The van der Waals surface area contributed by atoms with Crippen LogP contribution in [0.5, 0.6) is 0 Å². The Morgan fingerprint density at radius 1 is 1.34 bits per heavy atom. The second-order valence-corrected chi connectivity index (χ2v) is 8.77. The fourth-order valence-corrected chi connectivity index (χ4v) is 4.92. The number of ether oxygens (including phenoxy) is 1. The summed E-state index contributed by atoms with van der Waals surface area (Å²) in [7, 11) is 0. The molecule has 3 aromatic rings. The second kappa shape index (κ2) is 8.45. The fourth-order valence-electron chi connectivity index (χ4n) is 3.84. The summed E-state index contributed by atoms with van der Waals surface area (Å²) < 4.78 is 24.6. The van der Waals surface area contributed by atoms with Crippen molar-refractivity contribution >= 4 is 28.5 Å². The number of hydrogen-bond acceptors (Lipinski definition) is 9. The van der Waals surface area contributed by atoms with Crippen LogP contribution in [0.4, 0.5) is 20.3 Å². The van der Waals surface area contributed by atoms with Crippen LogP contribution < -0.4 is 15.5 Å². The molecule has 0 radical (unpaired) electrons. The van der Waals surface area contributed by atoms with Gasteiger partial charge in [-0.2, -0.15) is 4.98 Å². The largest absolute Gasteiger partial charge is 0.392 e. The minimum atomic E-state index is -0.635. The van der Waals surface area contributed by atoms with E-state index in [1.54, 1.807) is 19.1 Å². The molecule has 3 N–H and O–H groups in total. The number of aromatic nitrogens is 3. The number of urea groups is 1. The highest BCUT2D eigenvalue weighted by Crippen LogP contribution is 2.43. The number of fused-ring (bicyclic) bond motifs is 4. The van der Waals surface area contributed by atoms with Crippen LogP contribution in [0.3, 0.4) is 0 Å². The van der Waals surface area contributed by atoms with Gasteiger partial charge in [0.05, 0.1) is 42.0 Å². The average molecular weight is 460 g/mol. The lowest BCUT2D eigenvalue weighted by molar-refractivity contribution is 0.0570. The van der Waals surface area contributed by atoms with Gasteiger partial charge in [-0.15, -0.1) is 0 Å². The molecule has 5 rings (SSSR count). The third-order valence-corrected chi connectivity index (χ3v) is 6.41. The van der Waals surface area contributed by atoms with Gasteiger partial charge in [0.2, 0.25) is 5.82 Å². The molecule has 1 saturated heterocycles. The van der Waals surface area contributed by atoms with E-state index in [0.717, 1.165) is 10.6 Å². The lowest BCUT2D eigenvalue weighted by Crippen LogP contribution is -2.51. The number of thiazole rings is 1. The van der Waals surface area contributed by atoms with Crippen LogP contribution >= 0.6 is 11.3 Å². The standard InChI is InChI=1S/C20H21FN6O4S/c1-10(28)7-22-18(29)25-19-23-14-6-13-8-30-9-15(16(14)32-19)27(13)20-24-17(26-31-20)11-2-4-12(21)5-3-11/h2-5,10,13,15,28H,6-9H2,1H3,(H2,22,23,25,29)/t10-,13?,15?/m0/s1. The Balaban J connectivity index is 1.38. The summed E-state index contributed by atoms with van der Waals surface area (Å²) in [6, 6.07) is 5.64. The summed E-state index contributed by atoms with van der Waals surface area (Å²) in [5, 5.41) is 19.2. The number of benzene rings is 1.